The summed E-state index contributed by atoms with van der Waals surface area (Å²) in [6.07, 6.45) is 8.27. The summed E-state index contributed by atoms with van der Waals surface area (Å²) in [5, 5.41) is 0. The standard InChI is InChI=1S/C22H28N2O3/c1-15-6-5-12-23(13-11-15)20(25)16-9-10-18-19(14-16)22(27)24(21(18)26)17-7-3-2-4-8-17/h9-10,14-15,17H,2-8,11-13H2,1H3. The molecule has 0 bridgehead atoms. The van der Waals surface area contributed by atoms with Gasteiger partial charge in [0.1, 0.15) is 0 Å². The summed E-state index contributed by atoms with van der Waals surface area (Å²) in [5.74, 6) is 0.208. The Balaban J connectivity index is 1.56. The minimum atomic E-state index is -0.221. The number of imide groups is 1. The lowest BCUT2D eigenvalue weighted by atomic mass is 9.94. The first-order valence-corrected chi connectivity index (χ1v) is 10.4. The van der Waals surface area contributed by atoms with Crippen LogP contribution in [0.5, 0.6) is 0 Å². The van der Waals surface area contributed by atoms with Crippen LogP contribution in [0.1, 0.15) is 89.4 Å². The van der Waals surface area contributed by atoms with Gasteiger partial charge in [-0.1, -0.05) is 26.2 Å². The van der Waals surface area contributed by atoms with Gasteiger partial charge in [0.2, 0.25) is 0 Å². The molecule has 27 heavy (non-hydrogen) atoms. The van der Waals surface area contributed by atoms with Gasteiger partial charge in [0.15, 0.2) is 0 Å². The van der Waals surface area contributed by atoms with Crippen molar-refractivity contribution in [1.29, 1.82) is 0 Å². The lowest BCUT2D eigenvalue weighted by molar-refractivity contribution is 0.0548. The summed E-state index contributed by atoms with van der Waals surface area (Å²) < 4.78 is 0. The van der Waals surface area contributed by atoms with E-state index in [-0.39, 0.29) is 23.8 Å². The van der Waals surface area contributed by atoms with Crippen molar-refractivity contribution in [2.45, 2.75) is 64.3 Å². The number of amides is 3. The van der Waals surface area contributed by atoms with Gasteiger partial charge in [-0.25, -0.2) is 0 Å². The topological polar surface area (TPSA) is 57.7 Å². The van der Waals surface area contributed by atoms with Crippen molar-refractivity contribution in [3.8, 4) is 0 Å². The Kier molecular flexibility index (Phi) is 5.02. The van der Waals surface area contributed by atoms with Crippen molar-refractivity contribution >= 4 is 17.7 Å². The van der Waals surface area contributed by atoms with Crippen LogP contribution in [0.3, 0.4) is 0 Å². The molecule has 1 aromatic carbocycles. The third-order valence-electron chi connectivity index (χ3n) is 6.41. The number of hydrogen-bond acceptors (Lipinski definition) is 3. The van der Waals surface area contributed by atoms with Gasteiger partial charge in [-0.05, 0) is 56.2 Å². The Morgan fingerprint density at radius 3 is 2.41 bits per heavy atom. The number of hydrogen-bond donors (Lipinski definition) is 0. The van der Waals surface area contributed by atoms with Crippen molar-refractivity contribution in [2.75, 3.05) is 13.1 Å². The second-order valence-electron chi connectivity index (χ2n) is 8.36. The van der Waals surface area contributed by atoms with Gasteiger partial charge >= 0.3 is 0 Å². The maximum atomic E-state index is 12.9. The molecule has 1 saturated carbocycles. The highest BCUT2D eigenvalue weighted by atomic mass is 16.2. The zero-order valence-electron chi connectivity index (χ0n) is 16.1. The Morgan fingerprint density at radius 1 is 0.889 bits per heavy atom. The SMILES string of the molecule is CC1CCCN(C(=O)c2ccc3c(c2)C(=O)N(C2CCCCC2)C3=O)CC1. The van der Waals surface area contributed by atoms with Crippen LogP contribution in [0.4, 0.5) is 0 Å². The van der Waals surface area contributed by atoms with Crippen LogP contribution in [-0.2, 0) is 0 Å². The predicted octanol–water partition coefficient (Wildman–Crippen LogP) is 3.88. The predicted molar refractivity (Wildman–Crippen MR) is 103 cm³/mol. The quantitative estimate of drug-likeness (QED) is 0.745. The Labute approximate surface area is 160 Å². The molecule has 1 aliphatic carbocycles. The smallest absolute Gasteiger partial charge is 0.261 e. The molecule has 0 radical (unpaired) electrons. The van der Waals surface area contributed by atoms with Gasteiger partial charge in [-0.3, -0.25) is 19.3 Å². The number of benzene rings is 1. The van der Waals surface area contributed by atoms with Crippen molar-refractivity contribution < 1.29 is 14.4 Å². The highest BCUT2D eigenvalue weighted by molar-refractivity contribution is 6.22. The van der Waals surface area contributed by atoms with Crippen LogP contribution in [0.25, 0.3) is 0 Å². The molecule has 0 spiro atoms. The van der Waals surface area contributed by atoms with Crippen LogP contribution in [0.15, 0.2) is 18.2 Å². The Bertz CT molecular complexity index is 767. The van der Waals surface area contributed by atoms with Gasteiger partial charge in [-0.15, -0.1) is 0 Å². The van der Waals surface area contributed by atoms with Crippen molar-refractivity contribution in [2.24, 2.45) is 5.92 Å². The minimum Gasteiger partial charge on any atom is -0.339 e. The number of rotatable bonds is 2. The number of nitrogens with zero attached hydrogens (tertiary/aromatic N) is 2. The highest BCUT2D eigenvalue weighted by Crippen LogP contribution is 2.31. The van der Waals surface area contributed by atoms with E-state index >= 15 is 0 Å². The van der Waals surface area contributed by atoms with E-state index in [1.165, 1.54) is 11.3 Å². The normalized spacial score (nSPS) is 24.1. The zero-order chi connectivity index (χ0) is 19.0. The van der Waals surface area contributed by atoms with E-state index in [0.29, 0.717) is 22.6 Å². The molecule has 144 valence electrons. The molecule has 0 aromatic heterocycles. The summed E-state index contributed by atoms with van der Waals surface area (Å²) in [5.41, 5.74) is 1.38. The largest absolute Gasteiger partial charge is 0.339 e. The van der Waals surface area contributed by atoms with E-state index < -0.39 is 0 Å². The van der Waals surface area contributed by atoms with Gasteiger partial charge in [-0.2, -0.15) is 0 Å². The fraction of sp³-hybridized carbons (Fsp3) is 0.591. The molecule has 3 amide bonds. The fourth-order valence-corrected chi connectivity index (χ4v) is 4.71. The van der Waals surface area contributed by atoms with Crippen LogP contribution in [0.2, 0.25) is 0 Å². The third-order valence-corrected chi connectivity index (χ3v) is 6.41. The van der Waals surface area contributed by atoms with Gasteiger partial charge in [0.25, 0.3) is 17.7 Å². The first-order valence-electron chi connectivity index (χ1n) is 10.4. The molecular formula is C22H28N2O3. The first kappa shape index (κ1) is 18.2. The maximum Gasteiger partial charge on any atom is 0.261 e. The van der Waals surface area contributed by atoms with E-state index in [1.807, 2.05) is 4.90 Å². The molecule has 1 aromatic rings. The molecule has 2 heterocycles. The summed E-state index contributed by atoms with van der Waals surface area (Å²) >= 11 is 0. The molecule has 3 aliphatic rings. The molecule has 5 nitrogen and oxygen atoms in total. The van der Waals surface area contributed by atoms with Crippen molar-refractivity contribution in [3.05, 3.63) is 34.9 Å². The second-order valence-corrected chi connectivity index (χ2v) is 8.36. The lowest BCUT2D eigenvalue weighted by Gasteiger charge is -2.29. The van der Waals surface area contributed by atoms with Gasteiger partial charge < -0.3 is 4.90 Å². The molecule has 2 aliphatic heterocycles. The van der Waals surface area contributed by atoms with Crippen molar-refractivity contribution in [1.82, 2.24) is 9.80 Å². The minimum absolute atomic E-state index is 0.0115. The van der Waals surface area contributed by atoms with Crippen LogP contribution < -0.4 is 0 Å². The van der Waals surface area contributed by atoms with Crippen LogP contribution in [-0.4, -0.2) is 46.7 Å². The second kappa shape index (κ2) is 7.45. The molecule has 5 heteroatoms. The van der Waals surface area contributed by atoms with Crippen LogP contribution in [0, 0.1) is 5.92 Å². The fourth-order valence-electron chi connectivity index (χ4n) is 4.71. The van der Waals surface area contributed by atoms with E-state index in [0.717, 1.165) is 58.0 Å². The summed E-state index contributed by atoms with van der Waals surface area (Å²) in [4.78, 5) is 42.0. The molecule has 1 unspecified atom stereocenters. The third kappa shape index (κ3) is 3.40. The van der Waals surface area contributed by atoms with E-state index in [1.54, 1.807) is 18.2 Å². The average Bonchev–Trinajstić information content (AvgIpc) is 2.82. The maximum absolute atomic E-state index is 12.9. The van der Waals surface area contributed by atoms with Crippen molar-refractivity contribution in [3.63, 3.8) is 0 Å². The number of fused-ring (bicyclic) bond motifs is 1. The molecule has 1 atom stereocenters. The number of carbonyl (C=O) groups excluding carboxylic acids is 3. The zero-order valence-corrected chi connectivity index (χ0v) is 16.1. The molecule has 2 fully saturated rings. The molecule has 1 saturated heterocycles. The van der Waals surface area contributed by atoms with Gasteiger partial charge in [0, 0.05) is 24.7 Å². The van der Waals surface area contributed by atoms with E-state index in [4.69, 9.17) is 0 Å². The van der Waals surface area contributed by atoms with E-state index in [9.17, 15) is 14.4 Å². The van der Waals surface area contributed by atoms with Gasteiger partial charge in [0.05, 0.1) is 11.1 Å². The summed E-state index contributed by atoms with van der Waals surface area (Å²) in [6, 6.07) is 5.05. The number of likely N-dealkylation sites (tertiary alicyclic amines) is 1. The van der Waals surface area contributed by atoms with Crippen LogP contribution >= 0.6 is 0 Å². The van der Waals surface area contributed by atoms with E-state index in [2.05, 4.69) is 6.92 Å². The Morgan fingerprint density at radius 2 is 1.63 bits per heavy atom. The molecular weight excluding hydrogens is 340 g/mol. The highest BCUT2D eigenvalue weighted by Gasteiger charge is 2.40. The number of carbonyl (C=O) groups is 3. The molecule has 4 rings (SSSR count). The summed E-state index contributed by atoms with van der Waals surface area (Å²) in [7, 11) is 0. The monoisotopic (exact) mass is 368 g/mol. The Hall–Kier alpha value is -2.17. The lowest BCUT2D eigenvalue weighted by Crippen LogP contribution is -2.40. The molecule has 0 N–H and O–H groups in total. The average molecular weight is 368 g/mol. The summed E-state index contributed by atoms with van der Waals surface area (Å²) in [6.45, 7) is 3.76. The first-order chi connectivity index (χ1) is 13.1.